The normalized spacial score (nSPS) is 10.2. The molecule has 3 aromatic rings. The van der Waals surface area contributed by atoms with Gasteiger partial charge in [-0.05, 0) is 70.5 Å². The van der Waals surface area contributed by atoms with Crippen LogP contribution in [0.1, 0.15) is 31.8 Å². The monoisotopic (exact) mass is 511 g/mol. The number of carbonyl (C=O) groups excluding carboxylic acids is 2. The molecule has 0 aliphatic heterocycles. The minimum absolute atomic E-state index is 0.0174. The number of halogens is 1. The molecule has 3 rings (SSSR count). The van der Waals surface area contributed by atoms with Gasteiger partial charge in [-0.1, -0.05) is 48.5 Å². The second kappa shape index (κ2) is 11.4. The van der Waals surface area contributed by atoms with Crippen molar-refractivity contribution in [2.75, 3.05) is 6.61 Å². The lowest BCUT2D eigenvalue weighted by Gasteiger charge is -2.13. The molecule has 6 nitrogen and oxygen atoms in total. The first-order valence-electron chi connectivity index (χ1n) is 9.87. The van der Waals surface area contributed by atoms with Gasteiger partial charge in [0.1, 0.15) is 5.75 Å². The molecule has 0 aliphatic rings. The van der Waals surface area contributed by atoms with Gasteiger partial charge >= 0.3 is 0 Å². The van der Waals surface area contributed by atoms with Crippen molar-refractivity contribution in [3.63, 3.8) is 0 Å². The van der Waals surface area contributed by atoms with E-state index in [1.165, 1.54) is 5.56 Å². The number of aryl methyl sites for hydroxylation is 1. The quantitative estimate of drug-likeness (QED) is 0.339. The zero-order valence-corrected chi connectivity index (χ0v) is 19.8. The number of hydrogen-bond donors (Lipinski definition) is 3. The number of benzene rings is 3. The molecule has 0 atom stereocenters. The van der Waals surface area contributed by atoms with Crippen LogP contribution in [0.15, 0.2) is 77.3 Å². The third-order valence-corrected chi connectivity index (χ3v) is 5.42. The van der Waals surface area contributed by atoms with Crippen molar-refractivity contribution in [3.8, 4) is 5.75 Å². The molecule has 0 aromatic heterocycles. The Kier molecular flexibility index (Phi) is 8.35. The highest BCUT2D eigenvalue weighted by Crippen LogP contribution is 2.26. The minimum atomic E-state index is -0.413. The SMILES string of the molecule is Cc1ccccc1C(=O)NNC(=S)NC(=O)c1ccc(OCCc2ccccc2)c(Br)c1. The van der Waals surface area contributed by atoms with E-state index >= 15 is 0 Å². The van der Waals surface area contributed by atoms with Crippen LogP contribution in [-0.2, 0) is 6.42 Å². The molecule has 0 fully saturated rings. The van der Waals surface area contributed by atoms with E-state index in [2.05, 4.69) is 32.1 Å². The maximum atomic E-state index is 12.5. The fraction of sp³-hybridized carbons (Fsp3) is 0.125. The lowest BCUT2D eigenvalue weighted by atomic mass is 10.1. The van der Waals surface area contributed by atoms with E-state index in [0.29, 0.717) is 28.0 Å². The molecular formula is C24H22BrN3O3S. The van der Waals surface area contributed by atoms with Gasteiger partial charge in [0.15, 0.2) is 5.11 Å². The standard InChI is InChI=1S/C24H22BrN3O3S/c1-16-7-5-6-10-19(16)23(30)27-28-24(32)26-22(29)18-11-12-21(20(25)15-18)31-14-13-17-8-3-2-4-9-17/h2-12,15H,13-14H2,1H3,(H,27,30)(H2,26,28,29,32). The Morgan fingerprint density at radius 1 is 0.938 bits per heavy atom. The van der Waals surface area contributed by atoms with Gasteiger partial charge in [0.2, 0.25) is 0 Å². The molecule has 2 amide bonds. The predicted octanol–water partition coefficient (Wildman–Crippen LogP) is 4.33. The summed E-state index contributed by atoms with van der Waals surface area (Å²) in [5.41, 5.74) is 7.95. The number of nitrogens with one attached hydrogen (secondary N) is 3. The average Bonchev–Trinajstić information content (AvgIpc) is 2.79. The predicted molar refractivity (Wildman–Crippen MR) is 132 cm³/mol. The first-order chi connectivity index (χ1) is 15.4. The molecule has 0 aliphatic carbocycles. The molecule has 8 heteroatoms. The topological polar surface area (TPSA) is 79.5 Å². The van der Waals surface area contributed by atoms with Gasteiger partial charge in [-0.15, -0.1) is 0 Å². The van der Waals surface area contributed by atoms with Crippen molar-refractivity contribution < 1.29 is 14.3 Å². The molecule has 0 heterocycles. The molecule has 3 N–H and O–H groups in total. The van der Waals surface area contributed by atoms with Crippen LogP contribution in [0.3, 0.4) is 0 Å². The maximum absolute atomic E-state index is 12.5. The van der Waals surface area contributed by atoms with E-state index < -0.39 is 5.91 Å². The molecule has 0 bridgehead atoms. The Morgan fingerprint density at radius 3 is 2.38 bits per heavy atom. The van der Waals surface area contributed by atoms with Crippen molar-refractivity contribution in [2.45, 2.75) is 13.3 Å². The van der Waals surface area contributed by atoms with Gasteiger partial charge in [0, 0.05) is 17.5 Å². The van der Waals surface area contributed by atoms with Gasteiger partial charge in [-0.2, -0.15) is 0 Å². The maximum Gasteiger partial charge on any atom is 0.269 e. The minimum Gasteiger partial charge on any atom is -0.492 e. The van der Waals surface area contributed by atoms with Crippen LogP contribution >= 0.6 is 28.1 Å². The van der Waals surface area contributed by atoms with Crippen molar-refractivity contribution >= 4 is 45.1 Å². The van der Waals surface area contributed by atoms with Crippen molar-refractivity contribution in [2.24, 2.45) is 0 Å². The summed E-state index contributed by atoms with van der Waals surface area (Å²) in [5, 5.41) is 2.52. The van der Waals surface area contributed by atoms with Crippen molar-refractivity contribution in [1.29, 1.82) is 0 Å². The summed E-state index contributed by atoms with van der Waals surface area (Å²) in [7, 11) is 0. The van der Waals surface area contributed by atoms with Crippen LogP contribution in [-0.4, -0.2) is 23.5 Å². The van der Waals surface area contributed by atoms with E-state index in [1.807, 2.05) is 49.4 Å². The number of carbonyl (C=O) groups is 2. The zero-order valence-electron chi connectivity index (χ0n) is 17.4. The van der Waals surface area contributed by atoms with Gasteiger partial charge in [-0.25, -0.2) is 0 Å². The number of rotatable bonds is 6. The van der Waals surface area contributed by atoms with Crippen molar-refractivity contribution in [3.05, 3.63) is 99.5 Å². The molecule has 3 aromatic carbocycles. The second-order valence-corrected chi connectivity index (χ2v) is 8.17. The number of hydrazine groups is 1. The zero-order chi connectivity index (χ0) is 22.9. The number of thiocarbonyl (C=S) groups is 1. The largest absolute Gasteiger partial charge is 0.492 e. The Bertz CT molecular complexity index is 1120. The van der Waals surface area contributed by atoms with E-state index in [-0.39, 0.29) is 11.0 Å². The Labute approximate surface area is 200 Å². The van der Waals surface area contributed by atoms with Crippen molar-refractivity contribution in [1.82, 2.24) is 16.2 Å². The second-order valence-electron chi connectivity index (χ2n) is 6.91. The number of amides is 2. The van der Waals surface area contributed by atoms with Gasteiger partial charge in [0.05, 0.1) is 11.1 Å². The Hall–Kier alpha value is -3.23. The summed E-state index contributed by atoms with van der Waals surface area (Å²) in [6.45, 7) is 2.35. The lowest BCUT2D eigenvalue weighted by Crippen LogP contribution is -2.48. The van der Waals surface area contributed by atoms with Crippen LogP contribution in [0.25, 0.3) is 0 Å². The van der Waals surface area contributed by atoms with Gasteiger partial charge < -0.3 is 4.74 Å². The third kappa shape index (κ3) is 6.63. The van der Waals surface area contributed by atoms with Crippen LogP contribution in [0.4, 0.5) is 0 Å². The summed E-state index contributed by atoms with van der Waals surface area (Å²) in [6.07, 6.45) is 0.781. The van der Waals surface area contributed by atoms with E-state index in [9.17, 15) is 9.59 Å². The molecule has 0 spiro atoms. The third-order valence-electron chi connectivity index (χ3n) is 4.59. The van der Waals surface area contributed by atoms with Gasteiger partial charge in [-0.3, -0.25) is 25.8 Å². The summed E-state index contributed by atoms with van der Waals surface area (Å²) in [4.78, 5) is 24.7. The lowest BCUT2D eigenvalue weighted by molar-refractivity contribution is 0.0934. The van der Waals surface area contributed by atoms with Crippen LogP contribution in [0, 0.1) is 6.92 Å². The fourth-order valence-electron chi connectivity index (χ4n) is 2.90. The summed E-state index contributed by atoms with van der Waals surface area (Å²) in [6, 6.07) is 22.2. The van der Waals surface area contributed by atoms with Crippen LogP contribution < -0.4 is 20.9 Å². The van der Waals surface area contributed by atoms with E-state index in [0.717, 1.165) is 12.0 Å². The molecular weight excluding hydrogens is 490 g/mol. The Balaban J connectivity index is 1.49. The highest BCUT2D eigenvalue weighted by atomic mass is 79.9. The highest BCUT2D eigenvalue weighted by molar-refractivity contribution is 9.10. The van der Waals surface area contributed by atoms with Crippen LogP contribution in [0.2, 0.25) is 0 Å². The summed E-state index contributed by atoms with van der Waals surface area (Å²) < 4.78 is 6.47. The smallest absolute Gasteiger partial charge is 0.269 e. The molecule has 0 saturated heterocycles. The summed E-state index contributed by atoms with van der Waals surface area (Å²) in [5.74, 6) is -0.118. The molecule has 0 radical (unpaired) electrons. The molecule has 0 unspecified atom stereocenters. The van der Waals surface area contributed by atoms with E-state index in [4.69, 9.17) is 17.0 Å². The molecule has 32 heavy (non-hydrogen) atoms. The molecule has 0 saturated carbocycles. The highest BCUT2D eigenvalue weighted by Gasteiger charge is 2.12. The first-order valence-corrected chi connectivity index (χ1v) is 11.1. The van der Waals surface area contributed by atoms with Crippen LogP contribution in [0.5, 0.6) is 5.75 Å². The summed E-state index contributed by atoms with van der Waals surface area (Å²) >= 11 is 8.54. The number of ether oxygens (including phenoxy) is 1. The fourth-order valence-corrected chi connectivity index (χ4v) is 3.53. The number of hydrogen-bond acceptors (Lipinski definition) is 4. The molecule has 164 valence electrons. The van der Waals surface area contributed by atoms with E-state index in [1.54, 1.807) is 30.3 Å². The first kappa shape index (κ1) is 23.4. The average molecular weight is 512 g/mol. The Morgan fingerprint density at radius 2 is 1.66 bits per heavy atom. The van der Waals surface area contributed by atoms with Gasteiger partial charge in [0.25, 0.3) is 11.8 Å².